The molecule has 1 aliphatic rings. The Morgan fingerprint density at radius 1 is 1.21 bits per heavy atom. The van der Waals surface area contributed by atoms with Crippen LogP contribution in [0.25, 0.3) is 0 Å². The van der Waals surface area contributed by atoms with Crippen molar-refractivity contribution in [2.24, 2.45) is 4.99 Å². The van der Waals surface area contributed by atoms with Crippen molar-refractivity contribution in [1.82, 2.24) is 20.5 Å². The van der Waals surface area contributed by atoms with E-state index in [-0.39, 0.29) is 0 Å². The second kappa shape index (κ2) is 10.9. The van der Waals surface area contributed by atoms with E-state index in [0.29, 0.717) is 6.04 Å². The lowest BCUT2D eigenvalue weighted by Gasteiger charge is -2.33. The Morgan fingerprint density at radius 3 is 2.68 bits per heavy atom. The fourth-order valence-corrected chi connectivity index (χ4v) is 5.02. The number of hydrogen-bond donors (Lipinski definition) is 2. The highest BCUT2D eigenvalue weighted by Gasteiger charge is 2.23. The second-order valence-corrected chi connectivity index (χ2v) is 9.51. The third-order valence-corrected chi connectivity index (χ3v) is 6.72. The lowest BCUT2D eigenvalue weighted by Crippen LogP contribution is -2.42. The third kappa shape index (κ3) is 6.27. The molecular weight excluding hydrogens is 390 g/mol. The van der Waals surface area contributed by atoms with Crippen LogP contribution in [-0.2, 0) is 11.2 Å². The highest BCUT2D eigenvalue weighted by Crippen LogP contribution is 2.28. The van der Waals surface area contributed by atoms with Gasteiger partial charge in [0.1, 0.15) is 0 Å². The van der Waals surface area contributed by atoms with Crippen LogP contribution in [0.15, 0.2) is 23.3 Å². The molecule has 1 saturated heterocycles. The fourth-order valence-electron chi connectivity index (χ4n) is 3.23. The molecule has 0 amide bonds. The van der Waals surface area contributed by atoms with Crippen molar-refractivity contribution in [1.29, 1.82) is 0 Å². The molecule has 154 valence electrons. The highest BCUT2D eigenvalue weighted by atomic mass is 32.1. The standard InChI is InChI=1S/C20H31N5OS2/c1-4-21-20(22-8-7-19-23-13-16(3)28-19)24-14-17(18-6-5-15(2)27-18)25-9-11-26-12-10-25/h5-6,13,17H,4,7-12,14H2,1-3H3,(H2,21,22,24). The fraction of sp³-hybridized carbons (Fsp3) is 0.600. The van der Waals surface area contributed by atoms with Gasteiger partial charge in [0, 0.05) is 53.4 Å². The molecule has 0 aliphatic carbocycles. The average Bonchev–Trinajstić information content (AvgIpc) is 3.31. The second-order valence-electron chi connectivity index (χ2n) is 6.87. The van der Waals surface area contributed by atoms with Crippen LogP contribution >= 0.6 is 22.7 Å². The number of thiophene rings is 1. The highest BCUT2D eigenvalue weighted by molar-refractivity contribution is 7.12. The van der Waals surface area contributed by atoms with Gasteiger partial charge in [0.15, 0.2) is 5.96 Å². The summed E-state index contributed by atoms with van der Waals surface area (Å²) in [6.07, 6.45) is 2.86. The molecule has 28 heavy (non-hydrogen) atoms. The van der Waals surface area contributed by atoms with E-state index in [0.717, 1.165) is 58.3 Å². The number of rotatable bonds is 8. The van der Waals surface area contributed by atoms with Crippen LogP contribution in [0.3, 0.4) is 0 Å². The lowest BCUT2D eigenvalue weighted by atomic mass is 10.2. The monoisotopic (exact) mass is 421 g/mol. The Bertz CT molecular complexity index is 751. The van der Waals surface area contributed by atoms with E-state index in [1.165, 1.54) is 19.6 Å². The Morgan fingerprint density at radius 2 is 2.04 bits per heavy atom. The Hall–Kier alpha value is -1.48. The number of thiazole rings is 1. The summed E-state index contributed by atoms with van der Waals surface area (Å²) >= 11 is 3.63. The quantitative estimate of drug-likeness (QED) is 0.507. The molecule has 1 atom stereocenters. The van der Waals surface area contributed by atoms with E-state index in [2.05, 4.69) is 53.4 Å². The molecule has 1 unspecified atom stereocenters. The molecule has 0 bridgehead atoms. The molecular formula is C20H31N5OS2. The van der Waals surface area contributed by atoms with Crippen LogP contribution in [0.5, 0.6) is 0 Å². The summed E-state index contributed by atoms with van der Waals surface area (Å²) in [5.74, 6) is 0.877. The van der Waals surface area contributed by atoms with Gasteiger partial charge in [0.05, 0.1) is 30.8 Å². The van der Waals surface area contributed by atoms with Crippen molar-refractivity contribution in [2.45, 2.75) is 33.2 Å². The minimum Gasteiger partial charge on any atom is -0.379 e. The van der Waals surface area contributed by atoms with E-state index >= 15 is 0 Å². The van der Waals surface area contributed by atoms with Gasteiger partial charge in [0.25, 0.3) is 0 Å². The first-order valence-electron chi connectivity index (χ1n) is 9.97. The van der Waals surface area contributed by atoms with Gasteiger partial charge in [-0.1, -0.05) is 0 Å². The van der Waals surface area contributed by atoms with E-state index in [9.17, 15) is 0 Å². The van der Waals surface area contributed by atoms with Gasteiger partial charge in [-0.25, -0.2) is 4.98 Å². The largest absolute Gasteiger partial charge is 0.379 e. The number of aryl methyl sites for hydroxylation is 2. The van der Waals surface area contributed by atoms with E-state index in [4.69, 9.17) is 9.73 Å². The van der Waals surface area contributed by atoms with Gasteiger partial charge in [0.2, 0.25) is 0 Å². The zero-order chi connectivity index (χ0) is 19.8. The molecule has 0 radical (unpaired) electrons. The molecule has 2 aromatic heterocycles. The molecule has 8 heteroatoms. The molecule has 0 aromatic carbocycles. The maximum absolute atomic E-state index is 5.55. The van der Waals surface area contributed by atoms with Crippen molar-refractivity contribution < 1.29 is 4.74 Å². The molecule has 3 heterocycles. The zero-order valence-electron chi connectivity index (χ0n) is 17.0. The number of aromatic nitrogens is 1. The number of nitrogens with zero attached hydrogens (tertiary/aromatic N) is 3. The van der Waals surface area contributed by atoms with Crippen LogP contribution in [0.4, 0.5) is 0 Å². The van der Waals surface area contributed by atoms with Crippen molar-refractivity contribution in [3.8, 4) is 0 Å². The van der Waals surface area contributed by atoms with Crippen molar-refractivity contribution >= 4 is 28.6 Å². The summed E-state index contributed by atoms with van der Waals surface area (Å²) in [4.78, 5) is 15.8. The summed E-state index contributed by atoms with van der Waals surface area (Å²) in [5.41, 5.74) is 0. The minimum atomic E-state index is 0.305. The van der Waals surface area contributed by atoms with Crippen LogP contribution in [0.1, 0.15) is 32.6 Å². The first kappa shape index (κ1) is 21.2. The van der Waals surface area contributed by atoms with Crippen LogP contribution in [-0.4, -0.2) is 61.8 Å². The Balaban J connectivity index is 1.63. The molecule has 1 fully saturated rings. The van der Waals surface area contributed by atoms with Gasteiger partial charge >= 0.3 is 0 Å². The molecule has 3 rings (SSSR count). The molecule has 0 spiro atoms. The molecule has 2 N–H and O–H groups in total. The predicted octanol–water partition coefficient (Wildman–Crippen LogP) is 2.99. The van der Waals surface area contributed by atoms with Crippen molar-refractivity contribution in [2.75, 3.05) is 45.9 Å². The molecule has 2 aromatic rings. The van der Waals surface area contributed by atoms with E-state index in [1.54, 1.807) is 11.3 Å². The number of guanidine groups is 1. The van der Waals surface area contributed by atoms with Gasteiger partial charge in [-0.2, -0.15) is 0 Å². The SMILES string of the molecule is CCNC(=NCC(c1ccc(C)s1)N1CCOCC1)NCCc1ncc(C)s1. The van der Waals surface area contributed by atoms with Crippen molar-refractivity contribution in [3.05, 3.63) is 38.0 Å². The van der Waals surface area contributed by atoms with Gasteiger partial charge in [-0.3, -0.25) is 9.89 Å². The maximum Gasteiger partial charge on any atom is 0.191 e. The maximum atomic E-state index is 5.55. The van der Waals surface area contributed by atoms with E-state index < -0.39 is 0 Å². The number of hydrogen-bond acceptors (Lipinski definition) is 6. The lowest BCUT2D eigenvalue weighted by molar-refractivity contribution is 0.0186. The van der Waals surface area contributed by atoms with Gasteiger partial charge < -0.3 is 15.4 Å². The Kier molecular flexibility index (Phi) is 8.27. The smallest absolute Gasteiger partial charge is 0.191 e. The number of ether oxygens (including phenoxy) is 1. The number of aliphatic imine (C=N–C) groups is 1. The minimum absolute atomic E-state index is 0.305. The topological polar surface area (TPSA) is 61.8 Å². The summed E-state index contributed by atoms with van der Waals surface area (Å²) in [5, 5.41) is 8.00. The van der Waals surface area contributed by atoms with Crippen molar-refractivity contribution in [3.63, 3.8) is 0 Å². The summed E-state index contributed by atoms with van der Waals surface area (Å²) in [6, 6.07) is 4.76. The first-order chi connectivity index (χ1) is 13.7. The van der Waals surface area contributed by atoms with Crippen LogP contribution in [0, 0.1) is 13.8 Å². The summed E-state index contributed by atoms with van der Waals surface area (Å²) in [6.45, 7) is 12.3. The number of morpholine rings is 1. The Labute approximate surface area is 176 Å². The van der Waals surface area contributed by atoms with Gasteiger partial charge in [-0.15, -0.1) is 22.7 Å². The molecule has 6 nitrogen and oxygen atoms in total. The first-order valence-corrected chi connectivity index (χ1v) is 11.6. The third-order valence-electron chi connectivity index (χ3n) is 4.64. The molecule has 1 aliphatic heterocycles. The van der Waals surface area contributed by atoms with Crippen LogP contribution in [0.2, 0.25) is 0 Å². The normalized spacial score (nSPS) is 16.9. The van der Waals surface area contributed by atoms with E-state index in [1.807, 2.05) is 17.5 Å². The summed E-state index contributed by atoms with van der Waals surface area (Å²) in [7, 11) is 0. The van der Waals surface area contributed by atoms with Crippen LogP contribution < -0.4 is 10.6 Å². The zero-order valence-corrected chi connectivity index (χ0v) is 18.7. The average molecular weight is 422 g/mol. The van der Waals surface area contributed by atoms with Gasteiger partial charge in [-0.05, 0) is 32.9 Å². The number of nitrogens with one attached hydrogen (secondary N) is 2. The summed E-state index contributed by atoms with van der Waals surface area (Å²) < 4.78 is 5.55. The predicted molar refractivity (Wildman–Crippen MR) is 119 cm³/mol. The molecule has 0 saturated carbocycles.